The van der Waals surface area contributed by atoms with E-state index < -0.39 is 0 Å². The summed E-state index contributed by atoms with van der Waals surface area (Å²) in [7, 11) is 2.17. The van der Waals surface area contributed by atoms with Crippen LogP contribution >= 0.6 is 15.9 Å². The predicted octanol–water partition coefficient (Wildman–Crippen LogP) is 2.92. The lowest BCUT2D eigenvalue weighted by molar-refractivity contribution is 0.197. The van der Waals surface area contributed by atoms with Crippen molar-refractivity contribution in [2.45, 2.75) is 18.9 Å². The number of hydrogen-bond donors (Lipinski definition) is 0. The van der Waals surface area contributed by atoms with Crippen LogP contribution in [0, 0.1) is 0 Å². The van der Waals surface area contributed by atoms with Crippen LogP contribution < -0.4 is 4.74 Å². The molecule has 0 saturated carbocycles. The Labute approximate surface area is 99.4 Å². The Bertz CT molecular complexity index is 329. The third-order valence-electron chi connectivity index (χ3n) is 2.94. The van der Waals surface area contributed by atoms with Crippen molar-refractivity contribution >= 4 is 15.9 Å². The monoisotopic (exact) mass is 269 g/mol. The van der Waals surface area contributed by atoms with Gasteiger partial charge in [0.15, 0.2) is 0 Å². The molecule has 1 aliphatic heterocycles. The number of likely N-dealkylation sites (N-methyl/N-ethyl adjacent to an activating group) is 1. The van der Waals surface area contributed by atoms with E-state index in [1.807, 2.05) is 24.3 Å². The molecule has 0 aromatic heterocycles. The van der Waals surface area contributed by atoms with Gasteiger partial charge in [-0.25, -0.2) is 0 Å². The predicted molar refractivity (Wildman–Crippen MR) is 65.3 cm³/mol. The van der Waals surface area contributed by atoms with Crippen LogP contribution in [0.3, 0.4) is 0 Å². The highest BCUT2D eigenvalue weighted by atomic mass is 79.9. The van der Waals surface area contributed by atoms with Crippen molar-refractivity contribution in [3.8, 4) is 5.75 Å². The number of ether oxygens (including phenoxy) is 1. The Morgan fingerprint density at radius 2 is 2.27 bits per heavy atom. The number of halogens is 1. The summed E-state index contributed by atoms with van der Waals surface area (Å²) >= 11 is 3.48. The molecule has 0 spiro atoms. The second kappa shape index (κ2) is 4.99. The number of benzene rings is 1. The third-order valence-corrected chi connectivity index (χ3v) is 3.59. The molecule has 1 aliphatic rings. The third kappa shape index (κ3) is 2.73. The second-order valence-electron chi connectivity index (χ2n) is 4.02. The molecule has 1 fully saturated rings. The van der Waals surface area contributed by atoms with Crippen LogP contribution in [0.1, 0.15) is 12.8 Å². The topological polar surface area (TPSA) is 12.5 Å². The Balaban J connectivity index is 1.90. The lowest BCUT2D eigenvalue weighted by atomic mass is 10.2. The van der Waals surface area contributed by atoms with Crippen LogP contribution in [-0.4, -0.2) is 31.1 Å². The maximum Gasteiger partial charge on any atom is 0.133 e. The zero-order valence-corrected chi connectivity index (χ0v) is 10.5. The van der Waals surface area contributed by atoms with Gasteiger partial charge in [0.25, 0.3) is 0 Å². The average molecular weight is 270 g/mol. The molecule has 1 aromatic carbocycles. The van der Waals surface area contributed by atoms with E-state index in [1.165, 1.54) is 19.4 Å². The summed E-state index contributed by atoms with van der Waals surface area (Å²) in [5.41, 5.74) is 0. The molecule has 2 rings (SSSR count). The Morgan fingerprint density at radius 1 is 1.47 bits per heavy atom. The summed E-state index contributed by atoms with van der Waals surface area (Å²) in [5, 5.41) is 0. The smallest absolute Gasteiger partial charge is 0.133 e. The van der Waals surface area contributed by atoms with Crippen LogP contribution in [-0.2, 0) is 0 Å². The fourth-order valence-corrected chi connectivity index (χ4v) is 2.34. The van der Waals surface area contributed by atoms with Crippen LogP contribution in [0.25, 0.3) is 0 Å². The molecule has 0 aliphatic carbocycles. The minimum absolute atomic E-state index is 0.581. The first-order chi connectivity index (χ1) is 7.27. The zero-order chi connectivity index (χ0) is 10.7. The fourth-order valence-electron chi connectivity index (χ4n) is 1.94. The first kappa shape index (κ1) is 11.0. The highest BCUT2D eigenvalue weighted by Gasteiger charge is 2.21. The van der Waals surface area contributed by atoms with Crippen LogP contribution in [0.4, 0.5) is 0 Å². The maximum absolute atomic E-state index is 5.80. The molecule has 1 heterocycles. The average Bonchev–Trinajstić information content (AvgIpc) is 2.63. The van der Waals surface area contributed by atoms with Crippen molar-refractivity contribution in [3.05, 3.63) is 28.7 Å². The molecule has 3 heteroatoms. The lowest BCUT2D eigenvalue weighted by Crippen LogP contribution is -2.30. The van der Waals surface area contributed by atoms with E-state index in [1.54, 1.807) is 0 Å². The van der Waals surface area contributed by atoms with Crippen molar-refractivity contribution in [2.24, 2.45) is 0 Å². The molecular formula is C12H16BrNO. The first-order valence-corrected chi connectivity index (χ1v) is 6.14. The number of nitrogens with zero attached hydrogens (tertiary/aromatic N) is 1. The van der Waals surface area contributed by atoms with Gasteiger partial charge in [0.1, 0.15) is 12.4 Å². The van der Waals surface area contributed by atoms with Crippen molar-refractivity contribution in [1.29, 1.82) is 0 Å². The molecule has 1 saturated heterocycles. The number of para-hydroxylation sites is 1. The molecule has 0 N–H and O–H groups in total. The van der Waals surface area contributed by atoms with Crippen LogP contribution in [0.5, 0.6) is 5.75 Å². The minimum Gasteiger partial charge on any atom is -0.491 e. The number of hydrogen-bond acceptors (Lipinski definition) is 2. The SMILES string of the molecule is CN1CCC[C@@H]1COc1ccccc1Br. The summed E-state index contributed by atoms with van der Waals surface area (Å²) in [5.74, 6) is 0.942. The molecule has 1 aromatic rings. The Morgan fingerprint density at radius 3 is 2.93 bits per heavy atom. The summed E-state index contributed by atoms with van der Waals surface area (Å²) < 4.78 is 6.84. The Hall–Kier alpha value is -0.540. The highest BCUT2D eigenvalue weighted by molar-refractivity contribution is 9.10. The van der Waals surface area contributed by atoms with Gasteiger partial charge in [0, 0.05) is 6.04 Å². The van der Waals surface area contributed by atoms with Crippen LogP contribution in [0.15, 0.2) is 28.7 Å². The molecule has 0 amide bonds. The minimum atomic E-state index is 0.581. The lowest BCUT2D eigenvalue weighted by Gasteiger charge is -2.19. The van der Waals surface area contributed by atoms with Crippen molar-refractivity contribution in [3.63, 3.8) is 0 Å². The van der Waals surface area contributed by atoms with Crippen molar-refractivity contribution < 1.29 is 4.74 Å². The molecule has 2 nitrogen and oxygen atoms in total. The van der Waals surface area contributed by atoms with E-state index in [4.69, 9.17) is 4.74 Å². The van der Waals surface area contributed by atoms with Gasteiger partial charge < -0.3 is 9.64 Å². The van der Waals surface area contributed by atoms with Gasteiger partial charge >= 0.3 is 0 Å². The van der Waals surface area contributed by atoms with Crippen molar-refractivity contribution in [1.82, 2.24) is 4.90 Å². The molecule has 0 bridgehead atoms. The van der Waals surface area contributed by atoms with Gasteiger partial charge in [0.05, 0.1) is 4.47 Å². The standard InChI is InChI=1S/C12H16BrNO/c1-14-8-4-5-10(14)9-15-12-7-3-2-6-11(12)13/h2-3,6-7,10H,4-5,8-9H2,1H3/t10-/m1/s1. The van der Waals surface area contributed by atoms with Gasteiger partial charge in [0.2, 0.25) is 0 Å². The fraction of sp³-hybridized carbons (Fsp3) is 0.500. The van der Waals surface area contributed by atoms with E-state index in [0.717, 1.165) is 16.8 Å². The van der Waals surface area contributed by atoms with E-state index in [9.17, 15) is 0 Å². The van der Waals surface area contributed by atoms with Gasteiger partial charge in [-0.05, 0) is 54.5 Å². The van der Waals surface area contributed by atoms with E-state index in [-0.39, 0.29) is 0 Å². The maximum atomic E-state index is 5.80. The molecule has 15 heavy (non-hydrogen) atoms. The van der Waals surface area contributed by atoms with Crippen LogP contribution in [0.2, 0.25) is 0 Å². The summed E-state index contributed by atoms with van der Waals surface area (Å²) in [6.45, 7) is 1.99. The second-order valence-corrected chi connectivity index (χ2v) is 4.87. The molecule has 0 unspecified atom stereocenters. The van der Waals surface area contributed by atoms with Crippen molar-refractivity contribution in [2.75, 3.05) is 20.2 Å². The van der Waals surface area contributed by atoms with Gasteiger partial charge in [-0.1, -0.05) is 12.1 Å². The van der Waals surface area contributed by atoms with E-state index >= 15 is 0 Å². The van der Waals surface area contributed by atoms with Gasteiger partial charge in [-0.2, -0.15) is 0 Å². The number of rotatable bonds is 3. The summed E-state index contributed by atoms with van der Waals surface area (Å²) in [4.78, 5) is 2.37. The quantitative estimate of drug-likeness (QED) is 0.837. The Kier molecular flexibility index (Phi) is 3.65. The summed E-state index contributed by atoms with van der Waals surface area (Å²) in [6.07, 6.45) is 2.54. The molecule has 0 radical (unpaired) electrons. The van der Waals surface area contributed by atoms with E-state index in [2.05, 4.69) is 27.9 Å². The van der Waals surface area contributed by atoms with E-state index in [0.29, 0.717) is 6.04 Å². The molecular weight excluding hydrogens is 254 g/mol. The molecule has 82 valence electrons. The number of likely N-dealkylation sites (tertiary alicyclic amines) is 1. The largest absolute Gasteiger partial charge is 0.491 e. The first-order valence-electron chi connectivity index (χ1n) is 5.35. The van der Waals surface area contributed by atoms with Gasteiger partial charge in [-0.3, -0.25) is 0 Å². The summed E-state index contributed by atoms with van der Waals surface area (Å²) in [6, 6.07) is 8.58. The normalized spacial score (nSPS) is 21.9. The highest BCUT2D eigenvalue weighted by Crippen LogP contribution is 2.25. The van der Waals surface area contributed by atoms with Gasteiger partial charge in [-0.15, -0.1) is 0 Å². The zero-order valence-electron chi connectivity index (χ0n) is 8.95. The molecule has 1 atom stereocenters.